The number of hydrogen-bond acceptors (Lipinski definition) is 6. The SMILES string of the molecule is Cc1ccc(C(C(=O)Nc2ccc3ccccc3c2)N(CC#N)C(=O)C(CS)NC(=O)OC(C)(C)C)cc1C. The van der Waals surface area contributed by atoms with Gasteiger partial charge in [0.25, 0.3) is 5.91 Å². The molecule has 2 atom stereocenters. The molecule has 3 aromatic carbocycles. The molecule has 9 heteroatoms. The van der Waals surface area contributed by atoms with E-state index in [1.54, 1.807) is 32.9 Å². The number of carbonyl (C=O) groups excluding carboxylic acids is 3. The number of benzene rings is 3. The first-order valence-electron chi connectivity index (χ1n) is 12.6. The van der Waals surface area contributed by atoms with E-state index in [2.05, 4.69) is 23.3 Å². The average molecular weight is 547 g/mol. The summed E-state index contributed by atoms with van der Waals surface area (Å²) in [5.74, 6) is -1.19. The van der Waals surface area contributed by atoms with E-state index in [-0.39, 0.29) is 12.3 Å². The number of thiol groups is 1. The minimum absolute atomic E-state index is 0.0635. The largest absolute Gasteiger partial charge is 0.444 e. The van der Waals surface area contributed by atoms with Crippen LogP contribution < -0.4 is 10.6 Å². The predicted molar refractivity (Wildman–Crippen MR) is 156 cm³/mol. The molecule has 0 fully saturated rings. The number of carbonyl (C=O) groups is 3. The summed E-state index contributed by atoms with van der Waals surface area (Å²) in [6.45, 7) is 8.59. The minimum atomic E-state index is -1.15. The van der Waals surface area contributed by atoms with Crippen molar-refractivity contribution in [1.82, 2.24) is 10.2 Å². The first-order chi connectivity index (χ1) is 18.4. The van der Waals surface area contributed by atoms with Gasteiger partial charge in [-0.25, -0.2) is 4.79 Å². The van der Waals surface area contributed by atoms with E-state index in [1.165, 1.54) is 4.90 Å². The van der Waals surface area contributed by atoms with Crippen molar-refractivity contribution >= 4 is 47.0 Å². The topological polar surface area (TPSA) is 112 Å². The highest BCUT2D eigenvalue weighted by atomic mass is 32.1. The quantitative estimate of drug-likeness (QED) is 0.262. The lowest BCUT2D eigenvalue weighted by molar-refractivity contribution is -0.139. The van der Waals surface area contributed by atoms with E-state index in [1.807, 2.05) is 68.4 Å². The van der Waals surface area contributed by atoms with Crippen LogP contribution in [0, 0.1) is 25.2 Å². The third-order valence-corrected chi connectivity index (χ3v) is 6.48. The second-order valence-corrected chi connectivity index (χ2v) is 10.7. The number of rotatable bonds is 8. The number of nitrogens with one attached hydrogen (secondary N) is 2. The Hall–Kier alpha value is -4.03. The van der Waals surface area contributed by atoms with Crippen LogP contribution in [0.2, 0.25) is 0 Å². The monoisotopic (exact) mass is 546 g/mol. The molecule has 2 N–H and O–H groups in total. The first-order valence-corrected chi connectivity index (χ1v) is 13.2. The van der Waals surface area contributed by atoms with Crippen LogP contribution in [0.25, 0.3) is 10.8 Å². The van der Waals surface area contributed by atoms with Crippen molar-refractivity contribution in [3.8, 4) is 6.07 Å². The van der Waals surface area contributed by atoms with Gasteiger partial charge in [-0.05, 0) is 74.2 Å². The predicted octanol–water partition coefficient (Wildman–Crippen LogP) is 5.31. The number of aryl methyl sites for hydroxylation is 2. The van der Waals surface area contributed by atoms with Crippen LogP contribution in [0.1, 0.15) is 43.5 Å². The first kappa shape index (κ1) is 29.5. The maximum absolute atomic E-state index is 13.8. The zero-order valence-corrected chi connectivity index (χ0v) is 23.7. The fourth-order valence-corrected chi connectivity index (χ4v) is 4.34. The van der Waals surface area contributed by atoms with Crippen molar-refractivity contribution in [1.29, 1.82) is 5.26 Å². The van der Waals surface area contributed by atoms with Crippen LogP contribution >= 0.6 is 12.6 Å². The van der Waals surface area contributed by atoms with Crippen molar-refractivity contribution < 1.29 is 19.1 Å². The summed E-state index contributed by atoms with van der Waals surface area (Å²) >= 11 is 4.25. The number of nitriles is 1. The van der Waals surface area contributed by atoms with Gasteiger partial charge in [0.2, 0.25) is 5.91 Å². The number of ether oxygens (including phenoxy) is 1. The lowest BCUT2D eigenvalue weighted by Gasteiger charge is -2.32. The van der Waals surface area contributed by atoms with Crippen molar-refractivity contribution in [2.45, 2.75) is 52.3 Å². The molecule has 3 rings (SSSR count). The van der Waals surface area contributed by atoms with Crippen LogP contribution in [-0.2, 0) is 14.3 Å². The van der Waals surface area contributed by atoms with Crippen molar-refractivity contribution in [3.63, 3.8) is 0 Å². The van der Waals surface area contributed by atoms with Gasteiger partial charge >= 0.3 is 6.09 Å². The molecule has 0 bridgehead atoms. The van der Waals surface area contributed by atoms with Gasteiger partial charge in [0, 0.05) is 11.4 Å². The lowest BCUT2D eigenvalue weighted by Crippen LogP contribution is -2.53. The zero-order valence-electron chi connectivity index (χ0n) is 22.8. The van der Waals surface area contributed by atoms with Gasteiger partial charge in [-0.15, -0.1) is 0 Å². The Morgan fingerprint density at radius 1 is 1.00 bits per heavy atom. The maximum atomic E-state index is 13.8. The van der Waals surface area contributed by atoms with E-state index in [0.717, 1.165) is 21.9 Å². The van der Waals surface area contributed by atoms with Crippen LogP contribution in [-0.4, -0.2) is 46.7 Å². The Balaban J connectivity index is 2.00. The highest BCUT2D eigenvalue weighted by molar-refractivity contribution is 7.80. The van der Waals surface area contributed by atoms with E-state index >= 15 is 0 Å². The third-order valence-electron chi connectivity index (χ3n) is 6.12. The molecule has 0 spiro atoms. The molecular formula is C30H34N4O4S. The molecule has 39 heavy (non-hydrogen) atoms. The van der Waals surface area contributed by atoms with Gasteiger partial charge in [-0.2, -0.15) is 17.9 Å². The van der Waals surface area contributed by atoms with E-state index in [0.29, 0.717) is 11.3 Å². The summed E-state index contributed by atoms with van der Waals surface area (Å²) in [6.07, 6.45) is -0.796. The molecule has 0 saturated carbocycles. The number of anilines is 1. The number of fused-ring (bicyclic) bond motifs is 1. The minimum Gasteiger partial charge on any atom is -0.444 e. The van der Waals surface area contributed by atoms with Gasteiger partial charge in [0.15, 0.2) is 0 Å². The second-order valence-electron chi connectivity index (χ2n) is 10.3. The number of hydrogen-bond donors (Lipinski definition) is 3. The van der Waals surface area contributed by atoms with Crippen molar-refractivity contribution in [3.05, 3.63) is 77.4 Å². The standard InChI is InChI=1S/C30H34N4O4S/c1-19-10-11-23(16-20(19)2)26(27(35)32-24-13-12-21-8-6-7-9-22(21)17-24)34(15-14-31)28(36)25(18-39)33-29(37)38-30(3,4)5/h6-13,16-17,25-26,39H,15,18H2,1-5H3,(H,32,35)(H,33,37). The summed E-state index contributed by atoms with van der Waals surface area (Å²) in [5.41, 5.74) is 2.26. The molecule has 0 aliphatic carbocycles. The van der Waals surface area contributed by atoms with Gasteiger partial charge in [-0.3, -0.25) is 9.59 Å². The highest BCUT2D eigenvalue weighted by Gasteiger charge is 2.36. The van der Waals surface area contributed by atoms with Crippen LogP contribution in [0.5, 0.6) is 0 Å². The van der Waals surface area contributed by atoms with Crippen LogP contribution in [0.3, 0.4) is 0 Å². The van der Waals surface area contributed by atoms with E-state index in [9.17, 15) is 19.6 Å². The second kappa shape index (κ2) is 12.7. The number of amides is 3. The molecule has 8 nitrogen and oxygen atoms in total. The summed E-state index contributed by atoms with van der Waals surface area (Å²) in [6, 6.07) is 18.5. The Kier molecular flexibility index (Phi) is 9.60. The molecule has 0 aromatic heterocycles. The molecule has 3 amide bonds. The normalized spacial score (nSPS) is 12.6. The number of alkyl carbamates (subject to hydrolysis) is 1. The Morgan fingerprint density at radius 2 is 1.69 bits per heavy atom. The van der Waals surface area contributed by atoms with E-state index < -0.39 is 35.6 Å². The lowest BCUT2D eigenvalue weighted by atomic mass is 9.98. The summed E-state index contributed by atoms with van der Waals surface area (Å²) < 4.78 is 5.30. The molecule has 3 aromatic rings. The molecule has 0 aliphatic rings. The Bertz CT molecular complexity index is 1410. The average Bonchev–Trinajstić information content (AvgIpc) is 2.87. The molecule has 204 valence electrons. The van der Waals surface area contributed by atoms with Gasteiger partial charge in [-0.1, -0.05) is 48.5 Å². The van der Waals surface area contributed by atoms with Crippen LogP contribution in [0.4, 0.5) is 10.5 Å². The summed E-state index contributed by atoms with van der Waals surface area (Å²) in [5, 5.41) is 17.1. The fourth-order valence-electron chi connectivity index (χ4n) is 4.09. The van der Waals surface area contributed by atoms with Crippen molar-refractivity contribution in [2.75, 3.05) is 17.6 Å². The molecule has 0 radical (unpaired) electrons. The maximum Gasteiger partial charge on any atom is 0.408 e. The molecular weight excluding hydrogens is 512 g/mol. The van der Waals surface area contributed by atoms with Gasteiger partial charge < -0.3 is 20.3 Å². The Labute approximate surface area is 234 Å². The number of nitrogens with zero attached hydrogens (tertiary/aromatic N) is 2. The van der Waals surface area contributed by atoms with Gasteiger partial charge in [0.1, 0.15) is 24.2 Å². The molecule has 0 heterocycles. The van der Waals surface area contributed by atoms with Crippen molar-refractivity contribution in [2.24, 2.45) is 0 Å². The smallest absolute Gasteiger partial charge is 0.408 e. The zero-order chi connectivity index (χ0) is 28.7. The summed E-state index contributed by atoms with van der Waals surface area (Å²) in [4.78, 5) is 41.2. The van der Waals surface area contributed by atoms with E-state index in [4.69, 9.17) is 4.74 Å². The third kappa shape index (κ3) is 7.74. The van der Waals surface area contributed by atoms with Gasteiger partial charge in [0.05, 0.1) is 6.07 Å². The molecule has 0 aliphatic heterocycles. The fraction of sp³-hybridized carbons (Fsp3) is 0.333. The molecule has 0 saturated heterocycles. The Morgan fingerprint density at radius 3 is 2.31 bits per heavy atom. The highest BCUT2D eigenvalue weighted by Crippen LogP contribution is 2.27. The molecule has 2 unspecified atom stereocenters. The summed E-state index contributed by atoms with van der Waals surface area (Å²) in [7, 11) is 0. The van der Waals surface area contributed by atoms with Crippen LogP contribution in [0.15, 0.2) is 60.7 Å².